The first-order valence-electron chi connectivity index (χ1n) is 7.55. The quantitative estimate of drug-likeness (QED) is 0.486. The van der Waals surface area contributed by atoms with E-state index in [1.54, 1.807) is 13.0 Å². The minimum absolute atomic E-state index is 0.121. The number of carbonyl (C=O) groups is 3. The normalized spacial score (nSPS) is 15.0. The molecule has 1 fully saturated rings. The molecule has 1 aliphatic heterocycles. The number of carbonyl (C=O) groups excluding carboxylic acids is 3. The highest BCUT2D eigenvalue weighted by molar-refractivity contribution is 6.44. The molecule has 3 rings (SSSR count). The van der Waals surface area contributed by atoms with Crippen molar-refractivity contribution in [3.63, 3.8) is 0 Å². The predicted octanol–water partition coefficient (Wildman–Crippen LogP) is 1.72. The molecule has 1 aromatic carbocycles. The van der Waals surface area contributed by atoms with Gasteiger partial charge in [0.05, 0.1) is 6.54 Å². The van der Waals surface area contributed by atoms with E-state index >= 15 is 0 Å². The Labute approximate surface area is 137 Å². The summed E-state index contributed by atoms with van der Waals surface area (Å²) in [6.45, 7) is 5.32. The number of aryl methyl sites for hydroxylation is 2. The van der Waals surface area contributed by atoms with Crippen LogP contribution in [0.5, 0.6) is 0 Å². The minimum Gasteiger partial charge on any atom is -0.422 e. The molecule has 1 aliphatic rings. The van der Waals surface area contributed by atoms with Crippen LogP contribution in [0.3, 0.4) is 0 Å². The highest BCUT2D eigenvalue weighted by Crippen LogP contribution is 2.25. The van der Waals surface area contributed by atoms with Crippen molar-refractivity contribution < 1.29 is 18.8 Å². The summed E-state index contributed by atoms with van der Waals surface area (Å²) in [4.78, 5) is 49.7. The summed E-state index contributed by atoms with van der Waals surface area (Å²) < 4.78 is 5.27. The van der Waals surface area contributed by atoms with Gasteiger partial charge < -0.3 is 4.42 Å². The molecule has 0 bridgehead atoms. The summed E-state index contributed by atoms with van der Waals surface area (Å²) in [6.07, 6.45) is 0. The smallest absolute Gasteiger partial charge is 0.336 e. The fourth-order valence-electron chi connectivity index (χ4n) is 2.79. The van der Waals surface area contributed by atoms with Crippen LogP contribution in [0.4, 0.5) is 4.79 Å². The fraction of sp³-hybridized carbons (Fsp3) is 0.294. The topological polar surface area (TPSA) is 87.9 Å². The molecule has 124 valence electrons. The second-order valence-corrected chi connectivity index (χ2v) is 5.70. The van der Waals surface area contributed by atoms with E-state index in [1.165, 1.54) is 6.07 Å². The second kappa shape index (κ2) is 5.59. The summed E-state index contributed by atoms with van der Waals surface area (Å²) in [6, 6.07) is 4.23. The maximum Gasteiger partial charge on any atom is 0.336 e. The van der Waals surface area contributed by atoms with Gasteiger partial charge in [0.15, 0.2) is 0 Å². The van der Waals surface area contributed by atoms with E-state index < -0.39 is 23.5 Å². The van der Waals surface area contributed by atoms with Gasteiger partial charge in [-0.25, -0.2) is 9.59 Å². The van der Waals surface area contributed by atoms with E-state index in [9.17, 15) is 19.2 Å². The molecule has 0 saturated carbocycles. The number of amides is 4. The lowest BCUT2D eigenvalue weighted by molar-refractivity contribution is -0.143. The van der Waals surface area contributed by atoms with Gasteiger partial charge in [0, 0.05) is 18.0 Å². The monoisotopic (exact) mass is 328 g/mol. The van der Waals surface area contributed by atoms with Gasteiger partial charge in [0.2, 0.25) is 0 Å². The van der Waals surface area contributed by atoms with E-state index in [0.717, 1.165) is 20.9 Å². The average Bonchev–Trinajstić information content (AvgIpc) is 2.74. The number of likely N-dealkylation sites (N-methyl/N-ethyl adjacent to an activating group) is 1. The third kappa shape index (κ3) is 2.29. The number of fused-ring (bicyclic) bond motifs is 1. The fourth-order valence-corrected chi connectivity index (χ4v) is 2.79. The first kappa shape index (κ1) is 15.9. The molecule has 1 saturated heterocycles. The molecule has 0 radical (unpaired) electrons. The zero-order valence-corrected chi connectivity index (χ0v) is 13.6. The van der Waals surface area contributed by atoms with Crippen LogP contribution in [-0.4, -0.2) is 34.2 Å². The first-order chi connectivity index (χ1) is 11.3. The molecule has 24 heavy (non-hydrogen) atoms. The molecule has 7 nitrogen and oxygen atoms in total. The Morgan fingerprint density at radius 1 is 1.00 bits per heavy atom. The Kier molecular flexibility index (Phi) is 3.71. The number of nitrogens with zero attached hydrogens (tertiary/aromatic N) is 2. The zero-order chi connectivity index (χ0) is 17.6. The van der Waals surface area contributed by atoms with Crippen LogP contribution in [0.2, 0.25) is 0 Å². The first-order valence-corrected chi connectivity index (χ1v) is 7.55. The Bertz CT molecular complexity index is 944. The third-order valence-corrected chi connectivity index (χ3v) is 4.30. The highest BCUT2D eigenvalue weighted by atomic mass is 16.4. The predicted molar refractivity (Wildman–Crippen MR) is 85.3 cm³/mol. The summed E-state index contributed by atoms with van der Waals surface area (Å²) >= 11 is 0. The summed E-state index contributed by atoms with van der Waals surface area (Å²) in [5.41, 5.74) is 2.11. The lowest BCUT2D eigenvalue weighted by Crippen LogP contribution is -2.33. The van der Waals surface area contributed by atoms with Gasteiger partial charge in [-0.2, -0.15) is 0 Å². The molecule has 7 heteroatoms. The van der Waals surface area contributed by atoms with Gasteiger partial charge in [0.25, 0.3) is 0 Å². The SMILES string of the molecule is CCN1C(=O)C(=O)N(Cc2cc(=O)oc3c(C)c(C)ccc23)C1=O. The van der Waals surface area contributed by atoms with Crippen molar-refractivity contribution in [3.8, 4) is 0 Å². The number of benzene rings is 1. The van der Waals surface area contributed by atoms with E-state index in [-0.39, 0.29) is 13.1 Å². The van der Waals surface area contributed by atoms with Crippen molar-refractivity contribution in [1.82, 2.24) is 9.80 Å². The number of urea groups is 1. The van der Waals surface area contributed by atoms with E-state index in [1.807, 2.05) is 19.9 Å². The van der Waals surface area contributed by atoms with Gasteiger partial charge in [-0.05, 0) is 37.5 Å². The third-order valence-electron chi connectivity index (χ3n) is 4.30. The molecule has 2 aromatic rings. The molecule has 4 amide bonds. The van der Waals surface area contributed by atoms with E-state index in [2.05, 4.69) is 0 Å². The van der Waals surface area contributed by atoms with Crippen molar-refractivity contribution in [1.29, 1.82) is 0 Å². The van der Waals surface area contributed by atoms with Crippen molar-refractivity contribution in [3.05, 3.63) is 45.3 Å². The average molecular weight is 328 g/mol. The number of imide groups is 2. The van der Waals surface area contributed by atoms with Crippen LogP contribution in [0.15, 0.2) is 27.4 Å². The number of rotatable bonds is 3. The maximum absolute atomic E-state index is 12.2. The molecule has 2 heterocycles. The molecule has 0 spiro atoms. The number of hydrogen-bond donors (Lipinski definition) is 0. The summed E-state index contributed by atoms with van der Waals surface area (Å²) in [7, 11) is 0. The molecule has 0 aliphatic carbocycles. The summed E-state index contributed by atoms with van der Waals surface area (Å²) in [5, 5.41) is 0.640. The second-order valence-electron chi connectivity index (χ2n) is 5.70. The van der Waals surface area contributed by atoms with E-state index in [4.69, 9.17) is 4.42 Å². The Hall–Kier alpha value is -2.96. The Balaban J connectivity index is 2.10. The van der Waals surface area contributed by atoms with Gasteiger partial charge in [-0.15, -0.1) is 0 Å². The van der Waals surface area contributed by atoms with Crippen LogP contribution in [-0.2, 0) is 16.1 Å². The van der Waals surface area contributed by atoms with Crippen molar-refractivity contribution in [2.45, 2.75) is 27.3 Å². The molecule has 1 aromatic heterocycles. The van der Waals surface area contributed by atoms with Crippen molar-refractivity contribution >= 4 is 28.8 Å². The number of hydrogen-bond acceptors (Lipinski definition) is 5. The molecule has 0 atom stereocenters. The van der Waals surface area contributed by atoms with Crippen LogP contribution in [0.1, 0.15) is 23.6 Å². The van der Waals surface area contributed by atoms with Gasteiger partial charge in [0.1, 0.15) is 5.58 Å². The van der Waals surface area contributed by atoms with Gasteiger partial charge in [-0.1, -0.05) is 12.1 Å². The van der Waals surface area contributed by atoms with Crippen LogP contribution < -0.4 is 5.63 Å². The van der Waals surface area contributed by atoms with Crippen LogP contribution in [0.25, 0.3) is 11.0 Å². The highest BCUT2D eigenvalue weighted by Gasteiger charge is 2.43. The van der Waals surface area contributed by atoms with Crippen molar-refractivity contribution in [2.24, 2.45) is 0 Å². The van der Waals surface area contributed by atoms with Gasteiger partial charge in [-0.3, -0.25) is 19.4 Å². The molecule has 0 unspecified atom stereocenters. The van der Waals surface area contributed by atoms with Crippen molar-refractivity contribution in [2.75, 3.05) is 6.54 Å². The van der Waals surface area contributed by atoms with E-state index in [0.29, 0.717) is 16.5 Å². The van der Waals surface area contributed by atoms with Gasteiger partial charge >= 0.3 is 23.5 Å². The lowest BCUT2D eigenvalue weighted by atomic mass is 10.0. The van der Waals surface area contributed by atoms with Crippen LogP contribution in [0, 0.1) is 13.8 Å². The summed E-state index contributed by atoms with van der Waals surface area (Å²) in [5.74, 6) is -1.73. The molecule has 0 N–H and O–H groups in total. The Morgan fingerprint density at radius 3 is 2.29 bits per heavy atom. The zero-order valence-electron chi connectivity index (χ0n) is 13.6. The molecular weight excluding hydrogens is 312 g/mol. The lowest BCUT2D eigenvalue weighted by Gasteiger charge is -2.15. The standard InChI is InChI=1S/C17H16N2O5/c1-4-18-15(21)16(22)19(17(18)23)8-11-7-13(20)24-14-10(3)9(2)5-6-12(11)14/h5-7H,4,8H2,1-3H3. The maximum atomic E-state index is 12.2. The molecular formula is C17H16N2O5. The largest absolute Gasteiger partial charge is 0.422 e. The Morgan fingerprint density at radius 2 is 1.67 bits per heavy atom. The van der Waals surface area contributed by atoms with Crippen LogP contribution >= 0.6 is 0 Å². The minimum atomic E-state index is -0.882.